The highest BCUT2D eigenvalue weighted by Gasteiger charge is 2.39. The van der Waals surface area contributed by atoms with E-state index in [1.807, 2.05) is 0 Å². The van der Waals surface area contributed by atoms with Crippen LogP contribution in [-0.2, 0) is 4.79 Å². The number of hydrogen-bond acceptors (Lipinski definition) is 2. The van der Waals surface area contributed by atoms with Crippen molar-refractivity contribution >= 4 is 5.91 Å². The predicted octanol–water partition coefficient (Wildman–Crippen LogP) is 2.20. The van der Waals surface area contributed by atoms with Crippen LogP contribution in [0.2, 0.25) is 0 Å². The smallest absolute Gasteiger partial charge is 0.234 e. The largest absolute Gasteiger partial charge is 0.368 e. The van der Waals surface area contributed by atoms with E-state index in [0.29, 0.717) is 6.04 Å². The minimum Gasteiger partial charge on any atom is -0.368 e. The Labute approximate surface area is 105 Å². The lowest BCUT2D eigenvalue weighted by atomic mass is 9.69. The van der Waals surface area contributed by atoms with Crippen LogP contribution in [0.15, 0.2) is 0 Å². The molecule has 3 heteroatoms. The maximum absolute atomic E-state index is 11.4. The maximum atomic E-state index is 11.4. The third kappa shape index (κ3) is 3.01. The lowest BCUT2D eigenvalue weighted by molar-refractivity contribution is -0.122. The number of carbonyl (C=O) groups excluding carboxylic acids is 1. The van der Waals surface area contributed by atoms with Crippen molar-refractivity contribution in [3.05, 3.63) is 0 Å². The number of unbranched alkanes of at least 4 members (excludes halogenated alkanes) is 1. The van der Waals surface area contributed by atoms with Gasteiger partial charge in [-0.3, -0.25) is 4.79 Å². The van der Waals surface area contributed by atoms with Gasteiger partial charge in [-0.05, 0) is 31.1 Å². The number of rotatable bonds is 4. The second-order valence-corrected chi connectivity index (χ2v) is 5.81. The zero-order valence-electron chi connectivity index (χ0n) is 11.0. The third-order valence-corrected chi connectivity index (χ3v) is 4.65. The molecule has 1 heterocycles. The normalized spacial score (nSPS) is 37.5. The fourth-order valence-corrected chi connectivity index (χ4v) is 3.73. The number of amides is 1. The van der Waals surface area contributed by atoms with Gasteiger partial charge in [0.1, 0.15) is 0 Å². The van der Waals surface area contributed by atoms with Gasteiger partial charge in [0.2, 0.25) is 5.91 Å². The highest BCUT2D eigenvalue weighted by atomic mass is 16.1. The van der Waals surface area contributed by atoms with E-state index in [1.54, 1.807) is 0 Å². The first kappa shape index (κ1) is 12.9. The Morgan fingerprint density at radius 1 is 1.35 bits per heavy atom. The summed E-state index contributed by atoms with van der Waals surface area (Å²) in [6, 6.07) is 0.461. The van der Waals surface area contributed by atoms with Crippen molar-refractivity contribution in [2.24, 2.45) is 17.6 Å². The van der Waals surface area contributed by atoms with Gasteiger partial charge >= 0.3 is 0 Å². The van der Waals surface area contributed by atoms with Crippen LogP contribution in [0.5, 0.6) is 0 Å². The van der Waals surface area contributed by atoms with Crippen LogP contribution in [0.3, 0.4) is 0 Å². The molecule has 0 aromatic carbocycles. The van der Waals surface area contributed by atoms with E-state index in [9.17, 15) is 4.79 Å². The molecule has 4 unspecified atom stereocenters. The van der Waals surface area contributed by atoms with Crippen molar-refractivity contribution in [1.29, 1.82) is 0 Å². The average molecular weight is 238 g/mol. The van der Waals surface area contributed by atoms with Crippen molar-refractivity contribution in [2.45, 2.75) is 70.4 Å². The Hall–Kier alpha value is -0.570. The summed E-state index contributed by atoms with van der Waals surface area (Å²) in [6.45, 7) is 2.23. The van der Waals surface area contributed by atoms with Crippen LogP contribution >= 0.6 is 0 Å². The van der Waals surface area contributed by atoms with Crippen molar-refractivity contribution in [1.82, 2.24) is 5.32 Å². The molecular formula is C14H26N2O. The minimum absolute atomic E-state index is 0.0730. The van der Waals surface area contributed by atoms with Crippen molar-refractivity contribution < 1.29 is 4.79 Å². The standard InChI is InChI=1S/C14H26N2O/c1-2-3-8-12-11-7-5-4-6-10(11)9-13(16-12)14(15)17/h10-13,16H,2-9H2,1H3,(H2,15,17). The van der Waals surface area contributed by atoms with E-state index >= 15 is 0 Å². The molecule has 17 heavy (non-hydrogen) atoms. The molecule has 1 aliphatic carbocycles. The highest BCUT2D eigenvalue weighted by Crippen LogP contribution is 2.39. The second kappa shape index (κ2) is 5.85. The van der Waals surface area contributed by atoms with E-state index in [-0.39, 0.29) is 11.9 Å². The summed E-state index contributed by atoms with van der Waals surface area (Å²) < 4.78 is 0. The van der Waals surface area contributed by atoms with E-state index in [4.69, 9.17) is 5.73 Å². The van der Waals surface area contributed by atoms with Gasteiger partial charge in [0, 0.05) is 6.04 Å². The molecule has 2 rings (SSSR count). The van der Waals surface area contributed by atoms with Crippen molar-refractivity contribution in [3.8, 4) is 0 Å². The van der Waals surface area contributed by atoms with Gasteiger partial charge < -0.3 is 11.1 Å². The van der Waals surface area contributed by atoms with Gasteiger partial charge in [0.05, 0.1) is 6.04 Å². The number of piperidine rings is 1. The Balaban J connectivity index is 2.01. The topological polar surface area (TPSA) is 55.1 Å². The summed E-state index contributed by atoms with van der Waals surface area (Å²) in [5.41, 5.74) is 5.48. The average Bonchev–Trinajstić information content (AvgIpc) is 2.35. The van der Waals surface area contributed by atoms with Gasteiger partial charge in [-0.25, -0.2) is 0 Å². The summed E-state index contributed by atoms with van der Waals surface area (Å²) >= 11 is 0. The Morgan fingerprint density at radius 3 is 2.82 bits per heavy atom. The summed E-state index contributed by atoms with van der Waals surface area (Å²) in [4.78, 5) is 11.4. The molecule has 2 fully saturated rings. The fourth-order valence-electron chi connectivity index (χ4n) is 3.73. The quantitative estimate of drug-likeness (QED) is 0.789. The third-order valence-electron chi connectivity index (χ3n) is 4.65. The number of carbonyl (C=O) groups is 1. The summed E-state index contributed by atoms with van der Waals surface area (Å²) in [6.07, 6.45) is 10.0. The Morgan fingerprint density at radius 2 is 2.12 bits per heavy atom. The lowest BCUT2D eigenvalue weighted by Crippen LogP contribution is -2.56. The van der Waals surface area contributed by atoms with Gasteiger partial charge in [-0.2, -0.15) is 0 Å². The summed E-state index contributed by atoms with van der Waals surface area (Å²) in [7, 11) is 0. The zero-order chi connectivity index (χ0) is 12.3. The number of fused-ring (bicyclic) bond motifs is 1. The van der Waals surface area contributed by atoms with Crippen LogP contribution < -0.4 is 11.1 Å². The first-order valence-electron chi connectivity index (χ1n) is 7.27. The SMILES string of the molecule is CCCCC1NC(C(N)=O)CC2CCCCC21. The molecule has 1 aliphatic heterocycles. The molecule has 2 aliphatic rings. The zero-order valence-corrected chi connectivity index (χ0v) is 11.0. The van der Waals surface area contributed by atoms with E-state index in [1.165, 1.54) is 44.9 Å². The predicted molar refractivity (Wildman–Crippen MR) is 69.5 cm³/mol. The number of hydrogen-bond donors (Lipinski definition) is 2. The van der Waals surface area contributed by atoms with Crippen LogP contribution in [0.4, 0.5) is 0 Å². The number of nitrogens with one attached hydrogen (secondary N) is 1. The first-order chi connectivity index (χ1) is 8.22. The van der Waals surface area contributed by atoms with Crippen LogP contribution in [0.1, 0.15) is 58.3 Å². The lowest BCUT2D eigenvalue weighted by Gasteiger charge is -2.45. The molecule has 0 aromatic heterocycles. The van der Waals surface area contributed by atoms with E-state index in [0.717, 1.165) is 18.3 Å². The number of primary amides is 1. The van der Waals surface area contributed by atoms with Crippen molar-refractivity contribution in [3.63, 3.8) is 0 Å². The molecule has 0 spiro atoms. The van der Waals surface area contributed by atoms with Crippen LogP contribution in [0.25, 0.3) is 0 Å². The maximum Gasteiger partial charge on any atom is 0.234 e. The monoisotopic (exact) mass is 238 g/mol. The second-order valence-electron chi connectivity index (χ2n) is 5.81. The molecule has 4 atom stereocenters. The van der Waals surface area contributed by atoms with E-state index in [2.05, 4.69) is 12.2 Å². The molecule has 98 valence electrons. The van der Waals surface area contributed by atoms with Gasteiger partial charge in [0.15, 0.2) is 0 Å². The highest BCUT2D eigenvalue weighted by molar-refractivity contribution is 5.80. The molecule has 3 N–H and O–H groups in total. The molecule has 1 saturated carbocycles. The molecule has 0 aromatic rings. The van der Waals surface area contributed by atoms with Crippen LogP contribution in [-0.4, -0.2) is 18.0 Å². The summed E-state index contributed by atoms with van der Waals surface area (Å²) in [5, 5.41) is 3.51. The molecule has 0 bridgehead atoms. The minimum atomic E-state index is -0.157. The van der Waals surface area contributed by atoms with Crippen LogP contribution in [0, 0.1) is 11.8 Å². The number of nitrogens with two attached hydrogens (primary N) is 1. The fraction of sp³-hybridized carbons (Fsp3) is 0.929. The summed E-state index contributed by atoms with van der Waals surface area (Å²) in [5.74, 6) is 1.38. The first-order valence-corrected chi connectivity index (χ1v) is 7.27. The molecule has 3 nitrogen and oxygen atoms in total. The van der Waals surface area contributed by atoms with Gasteiger partial charge in [-0.1, -0.05) is 39.0 Å². The Kier molecular flexibility index (Phi) is 4.43. The van der Waals surface area contributed by atoms with Crippen molar-refractivity contribution in [2.75, 3.05) is 0 Å². The van der Waals surface area contributed by atoms with Gasteiger partial charge in [0.25, 0.3) is 0 Å². The Bertz CT molecular complexity index is 267. The molecule has 1 saturated heterocycles. The molecular weight excluding hydrogens is 212 g/mol. The van der Waals surface area contributed by atoms with Gasteiger partial charge in [-0.15, -0.1) is 0 Å². The molecule has 1 amide bonds. The molecule has 0 radical (unpaired) electrons. The van der Waals surface area contributed by atoms with E-state index < -0.39 is 0 Å².